The van der Waals surface area contributed by atoms with Gasteiger partial charge in [0.2, 0.25) is 5.91 Å². The lowest BCUT2D eigenvalue weighted by atomic mass is 10.0. The zero-order chi connectivity index (χ0) is 52.2. The number of hydrogen-bond donors (Lipinski definition) is 1. The number of likely N-dealkylation sites (N-methyl/N-ethyl adjacent to an activating group) is 1. The number of ether oxygens (including phenoxy) is 1. The molecule has 1 N–H and O–H groups in total. The van der Waals surface area contributed by atoms with Crippen LogP contribution in [0.2, 0.25) is 0 Å². The molecule has 71 heavy (non-hydrogen) atoms. The number of carbonyl (C=O) groups is 2. The Balaban J connectivity index is 5.17. The number of carbonyl (C=O) groups excluding carboxylic acids is 2. The average molecular weight is 1020 g/mol. The monoisotopic (exact) mass is 1020 g/mol. The van der Waals surface area contributed by atoms with Gasteiger partial charge in [-0.25, -0.2) is 0 Å². The van der Waals surface area contributed by atoms with Crippen LogP contribution >= 0.6 is 7.82 Å². The second-order valence-electron chi connectivity index (χ2n) is 21.5. The van der Waals surface area contributed by atoms with Gasteiger partial charge in [-0.3, -0.25) is 14.2 Å². The van der Waals surface area contributed by atoms with Gasteiger partial charge in [-0.05, 0) is 51.0 Å². The summed E-state index contributed by atoms with van der Waals surface area (Å²) in [5.74, 6) is -0.557. The predicted molar refractivity (Wildman–Crippen MR) is 302 cm³/mol. The predicted octanol–water partition coefficient (Wildman–Crippen LogP) is 17.5. The fourth-order valence-corrected chi connectivity index (χ4v) is 9.42. The van der Waals surface area contributed by atoms with E-state index in [1.807, 2.05) is 33.3 Å². The number of phosphoric acid groups is 1. The number of allylic oxidation sites excluding steroid dienone is 7. The Morgan fingerprint density at radius 2 is 0.901 bits per heavy atom. The van der Waals surface area contributed by atoms with Crippen molar-refractivity contribution in [3.63, 3.8) is 0 Å². The number of phosphoric ester groups is 1. The van der Waals surface area contributed by atoms with Crippen molar-refractivity contribution in [2.24, 2.45) is 0 Å². The molecule has 0 bridgehead atoms. The van der Waals surface area contributed by atoms with Gasteiger partial charge in [0.1, 0.15) is 19.3 Å². The van der Waals surface area contributed by atoms with E-state index in [2.05, 4.69) is 62.5 Å². The molecule has 0 heterocycles. The summed E-state index contributed by atoms with van der Waals surface area (Å²) in [6.45, 7) is 6.71. The van der Waals surface area contributed by atoms with Crippen LogP contribution in [0.15, 0.2) is 48.6 Å². The second-order valence-corrected chi connectivity index (χ2v) is 23.0. The van der Waals surface area contributed by atoms with Crippen LogP contribution in [0, 0.1) is 0 Å². The smallest absolute Gasteiger partial charge is 0.306 e. The highest BCUT2D eigenvalue weighted by Gasteiger charge is 2.27. The van der Waals surface area contributed by atoms with Gasteiger partial charge in [0.25, 0.3) is 7.82 Å². The molecule has 0 radical (unpaired) electrons. The van der Waals surface area contributed by atoms with Crippen LogP contribution in [0.1, 0.15) is 278 Å². The van der Waals surface area contributed by atoms with Crippen molar-refractivity contribution in [3.05, 3.63) is 48.6 Å². The van der Waals surface area contributed by atoms with Crippen molar-refractivity contribution in [1.82, 2.24) is 5.32 Å². The summed E-state index contributed by atoms with van der Waals surface area (Å²) in [4.78, 5) is 39.8. The summed E-state index contributed by atoms with van der Waals surface area (Å²) < 4.78 is 30.2. The van der Waals surface area contributed by atoms with Gasteiger partial charge in [0, 0.05) is 12.8 Å². The van der Waals surface area contributed by atoms with E-state index < -0.39 is 26.6 Å². The Kier molecular flexibility index (Phi) is 50.0. The molecule has 0 fully saturated rings. The molecular weight excluding hydrogens is 904 g/mol. The first-order valence-corrected chi connectivity index (χ1v) is 31.4. The first-order valence-electron chi connectivity index (χ1n) is 30.0. The summed E-state index contributed by atoms with van der Waals surface area (Å²) in [7, 11) is 1.18. The normalized spacial score (nSPS) is 14.1. The van der Waals surface area contributed by atoms with E-state index in [1.54, 1.807) is 0 Å². The maximum absolute atomic E-state index is 13.5. The topological polar surface area (TPSA) is 114 Å². The van der Waals surface area contributed by atoms with Crippen molar-refractivity contribution in [2.45, 2.75) is 290 Å². The summed E-state index contributed by atoms with van der Waals surface area (Å²) >= 11 is 0. The van der Waals surface area contributed by atoms with Crippen LogP contribution in [-0.2, 0) is 27.9 Å². The largest absolute Gasteiger partial charge is 0.756 e. The SMILES string of the molecule is CC/C=C/C=C/C=C\CCCCCCCC(=O)OC(/C=C/CCCCCCCCCCC)C(COP(=O)([O-])OCC[N+](C)(C)C)NC(=O)CCCCCCCCCCCCCCCCCCCCCCC. The quantitative estimate of drug-likeness (QED) is 0.0161. The minimum absolute atomic E-state index is 0.0250. The van der Waals surface area contributed by atoms with E-state index in [0.717, 1.165) is 77.0 Å². The van der Waals surface area contributed by atoms with Gasteiger partial charge in [-0.1, -0.05) is 262 Å². The van der Waals surface area contributed by atoms with Crippen molar-refractivity contribution in [1.29, 1.82) is 0 Å². The Bertz CT molecular complexity index is 1360. The third-order valence-electron chi connectivity index (χ3n) is 13.3. The molecule has 0 rings (SSSR count). The Hall–Kier alpha value is -2.03. The summed E-state index contributed by atoms with van der Waals surface area (Å²) in [5.41, 5.74) is 0. The van der Waals surface area contributed by atoms with E-state index in [4.69, 9.17) is 13.8 Å². The highest BCUT2D eigenvalue weighted by molar-refractivity contribution is 7.45. The average Bonchev–Trinajstić information content (AvgIpc) is 3.33. The summed E-state index contributed by atoms with van der Waals surface area (Å²) in [6.07, 6.45) is 62.3. The van der Waals surface area contributed by atoms with Crippen molar-refractivity contribution >= 4 is 19.7 Å². The standard InChI is InChI=1S/C61H115N2O7P/c1-7-10-13-16-19-22-25-27-28-29-30-31-32-33-34-36-38-41-44-47-50-53-60(64)62-58(57-69-71(66,67)68-56-55-63(4,5)6)59(52-49-46-43-40-37-24-21-18-15-12-9-3)70-61(65)54-51-48-45-42-39-35-26-23-20-17-14-11-8-2/h11,14,17,20,23,26,49,52,58-59H,7-10,12-13,15-16,18-19,21-22,24-25,27-48,50-51,53-57H2,1-6H3,(H-,62,64,66,67)/b14-11+,20-17+,26-23-,52-49+. The molecule has 0 aromatic rings. The van der Waals surface area contributed by atoms with E-state index >= 15 is 0 Å². The van der Waals surface area contributed by atoms with E-state index in [9.17, 15) is 19.0 Å². The van der Waals surface area contributed by atoms with Gasteiger partial charge in [0.15, 0.2) is 0 Å². The molecule has 9 nitrogen and oxygen atoms in total. The minimum Gasteiger partial charge on any atom is -0.756 e. The molecule has 0 aliphatic heterocycles. The molecule has 0 aromatic carbocycles. The minimum atomic E-state index is -4.70. The molecule has 0 aliphatic carbocycles. The number of rotatable bonds is 54. The number of nitrogens with zero attached hydrogens (tertiary/aromatic N) is 1. The first kappa shape index (κ1) is 69.0. The molecule has 10 heteroatoms. The Morgan fingerprint density at radius 1 is 0.507 bits per heavy atom. The molecule has 3 atom stereocenters. The number of amides is 1. The lowest BCUT2D eigenvalue weighted by molar-refractivity contribution is -0.870. The highest BCUT2D eigenvalue weighted by Crippen LogP contribution is 2.38. The molecule has 0 saturated carbocycles. The van der Waals surface area contributed by atoms with Crippen LogP contribution in [0.25, 0.3) is 0 Å². The van der Waals surface area contributed by atoms with Gasteiger partial charge < -0.3 is 28.5 Å². The number of unbranched alkanes of at least 4 members (excludes halogenated alkanes) is 34. The number of quaternary nitrogens is 1. The van der Waals surface area contributed by atoms with Crippen LogP contribution in [-0.4, -0.2) is 69.4 Å². The van der Waals surface area contributed by atoms with Gasteiger partial charge in [-0.2, -0.15) is 0 Å². The molecular formula is C61H115N2O7P. The van der Waals surface area contributed by atoms with Crippen molar-refractivity contribution in [2.75, 3.05) is 40.9 Å². The first-order chi connectivity index (χ1) is 34.4. The van der Waals surface area contributed by atoms with Crippen LogP contribution in [0.5, 0.6) is 0 Å². The molecule has 0 saturated heterocycles. The molecule has 1 amide bonds. The maximum atomic E-state index is 13.5. The fourth-order valence-electron chi connectivity index (χ4n) is 8.70. The van der Waals surface area contributed by atoms with Crippen molar-refractivity contribution in [3.8, 4) is 0 Å². The van der Waals surface area contributed by atoms with E-state index in [0.29, 0.717) is 23.9 Å². The molecule has 3 unspecified atom stereocenters. The number of hydrogen-bond acceptors (Lipinski definition) is 7. The second kappa shape index (κ2) is 51.5. The lowest BCUT2D eigenvalue weighted by Crippen LogP contribution is -2.47. The number of esters is 1. The maximum Gasteiger partial charge on any atom is 0.306 e. The van der Waals surface area contributed by atoms with E-state index in [-0.39, 0.29) is 24.9 Å². The van der Waals surface area contributed by atoms with Gasteiger partial charge in [0.05, 0.1) is 33.8 Å². The summed E-state index contributed by atoms with van der Waals surface area (Å²) in [6, 6.07) is -0.893. The zero-order valence-corrected chi connectivity index (χ0v) is 48.3. The lowest BCUT2D eigenvalue weighted by Gasteiger charge is -2.30. The van der Waals surface area contributed by atoms with Crippen LogP contribution in [0.4, 0.5) is 0 Å². The molecule has 0 aromatic heterocycles. The number of nitrogens with one attached hydrogen (secondary N) is 1. The Labute approximate surface area is 439 Å². The van der Waals surface area contributed by atoms with E-state index in [1.165, 1.54) is 161 Å². The fraction of sp³-hybridized carbons (Fsp3) is 0.836. The molecule has 0 spiro atoms. The van der Waals surface area contributed by atoms with Gasteiger partial charge >= 0.3 is 5.97 Å². The van der Waals surface area contributed by atoms with Gasteiger partial charge in [-0.15, -0.1) is 0 Å². The zero-order valence-electron chi connectivity index (χ0n) is 47.4. The molecule has 416 valence electrons. The van der Waals surface area contributed by atoms with Crippen LogP contribution < -0.4 is 10.2 Å². The third-order valence-corrected chi connectivity index (χ3v) is 14.3. The summed E-state index contributed by atoms with van der Waals surface area (Å²) in [5, 5.41) is 3.02. The highest BCUT2D eigenvalue weighted by atomic mass is 31.2. The Morgan fingerprint density at radius 3 is 1.34 bits per heavy atom. The third kappa shape index (κ3) is 52.6. The molecule has 0 aliphatic rings. The van der Waals surface area contributed by atoms with Crippen LogP contribution in [0.3, 0.4) is 0 Å². The van der Waals surface area contributed by atoms with Crippen molar-refractivity contribution < 1.29 is 37.3 Å².